The summed E-state index contributed by atoms with van der Waals surface area (Å²) in [7, 11) is 1.80. The van der Waals surface area contributed by atoms with Crippen LogP contribution in [0.5, 0.6) is 5.75 Å². The van der Waals surface area contributed by atoms with E-state index in [1.165, 1.54) is 0 Å². The van der Waals surface area contributed by atoms with Crippen molar-refractivity contribution in [3.05, 3.63) is 78.1 Å². The molecule has 0 aliphatic carbocycles. The molecule has 0 N–H and O–H groups in total. The van der Waals surface area contributed by atoms with Gasteiger partial charge < -0.3 is 9.64 Å². The number of likely N-dealkylation sites (N-methyl/N-ethyl adjacent to an activating group) is 1. The number of carbonyl (C=O) groups is 1. The number of carbonyl (C=O) groups excluding carboxylic acids is 1. The van der Waals surface area contributed by atoms with Crippen molar-refractivity contribution in [2.45, 2.75) is 19.1 Å². The highest BCUT2D eigenvalue weighted by atomic mass is 16.5. The average Bonchev–Trinajstić information content (AvgIpc) is 3.28. The van der Waals surface area contributed by atoms with Crippen molar-refractivity contribution in [2.75, 3.05) is 7.05 Å². The van der Waals surface area contributed by atoms with E-state index in [9.17, 15) is 4.79 Å². The molecule has 2 aromatic carbocycles. The summed E-state index contributed by atoms with van der Waals surface area (Å²) in [6.45, 7) is 0.502. The predicted molar refractivity (Wildman–Crippen MR) is 94.6 cm³/mol. The van der Waals surface area contributed by atoms with Gasteiger partial charge in [0.2, 0.25) is 0 Å². The summed E-state index contributed by atoms with van der Waals surface area (Å²) in [5.74, 6) is 0.801. The highest BCUT2D eigenvalue weighted by molar-refractivity contribution is 5.82. The molecule has 0 radical (unpaired) electrons. The molecule has 0 saturated heterocycles. The molecule has 0 fully saturated rings. The highest BCUT2D eigenvalue weighted by Gasteiger charge is 2.31. The molecule has 1 aliphatic rings. The Hall–Kier alpha value is -3.08. The zero-order valence-electron chi connectivity index (χ0n) is 14.0. The molecular formula is C20H19N3O2. The maximum absolute atomic E-state index is 12.7. The van der Waals surface area contributed by atoms with Crippen LogP contribution in [0.2, 0.25) is 0 Å². The van der Waals surface area contributed by atoms with E-state index in [2.05, 4.69) is 5.10 Å². The average molecular weight is 333 g/mol. The summed E-state index contributed by atoms with van der Waals surface area (Å²) in [5, 5.41) is 4.38. The van der Waals surface area contributed by atoms with E-state index in [4.69, 9.17) is 4.74 Å². The normalized spacial score (nSPS) is 15.5. The Morgan fingerprint density at radius 3 is 2.76 bits per heavy atom. The molecule has 4 rings (SSSR count). The van der Waals surface area contributed by atoms with E-state index in [-0.39, 0.29) is 5.91 Å². The molecule has 3 aromatic rings. The minimum absolute atomic E-state index is 0.0105. The number of fused-ring (bicyclic) bond motifs is 1. The summed E-state index contributed by atoms with van der Waals surface area (Å²) in [4.78, 5) is 14.4. The molecule has 126 valence electrons. The lowest BCUT2D eigenvalue weighted by Gasteiger charge is -2.20. The van der Waals surface area contributed by atoms with Crippen molar-refractivity contribution in [3.63, 3.8) is 0 Å². The van der Waals surface area contributed by atoms with Gasteiger partial charge in [-0.15, -0.1) is 0 Å². The molecule has 0 spiro atoms. The van der Waals surface area contributed by atoms with Crippen LogP contribution in [0.15, 0.2) is 67.0 Å². The fourth-order valence-electron chi connectivity index (χ4n) is 3.08. The predicted octanol–water partition coefficient (Wildman–Crippen LogP) is 2.83. The number of hydrogen-bond acceptors (Lipinski definition) is 3. The zero-order chi connectivity index (χ0) is 17.2. The molecule has 1 aromatic heterocycles. The number of amides is 1. The van der Waals surface area contributed by atoms with E-state index in [0.29, 0.717) is 13.0 Å². The van der Waals surface area contributed by atoms with E-state index in [0.717, 1.165) is 22.6 Å². The van der Waals surface area contributed by atoms with Gasteiger partial charge in [0.1, 0.15) is 5.75 Å². The van der Waals surface area contributed by atoms with Crippen molar-refractivity contribution < 1.29 is 9.53 Å². The summed E-state index contributed by atoms with van der Waals surface area (Å²) in [6, 6.07) is 17.7. The Bertz CT molecular complexity index is 864. The third kappa shape index (κ3) is 3.13. The fourth-order valence-corrected chi connectivity index (χ4v) is 3.08. The number of hydrogen-bond donors (Lipinski definition) is 0. The number of para-hydroxylation sites is 2. The van der Waals surface area contributed by atoms with Crippen LogP contribution in [-0.4, -0.2) is 33.7 Å². The summed E-state index contributed by atoms with van der Waals surface area (Å²) in [5.41, 5.74) is 3.07. The molecule has 2 heterocycles. The first kappa shape index (κ1) is 15.4. The Labute approximate surface area is 146 Å². The first-order valence-electron chi connectivity index (χ1n) is 8.29. The van der Waals surface area contributed by atoms with Crippen LogP contribution in [0.25, 0.3) is 5.69 Å². The highest BCUT2D eigenvalue weighted by Crippen LogP contribution is 2.29. The number of nitrogens with zero attached hydrogens (tertiary/aromatic N) is 3. The van der Waals surface area contributed by atoms with Crippen molar-refractivity contribution in [1.82, 2.24) is 14.7 Å². The van der Waals surface area contributed by atoms with Crippen molar-refractivity contribution in [1.29, 1.82) is 0 Å². The standard InChI is InChI=1S/C20H19N3O2/c1-22(20(24)19-11-16-7-5-6-10-18(16)25-19)13-15-12-21-23(14-15)17-8-3-2-4-9-17/h2-10,12,14,19H,11,13H2,1H3. The summed E-state index contributed by atoms with van der Waals surface area (Å²) < 4.78 is 7.61. The van der Waals surface area contributed by atoms with Gasteiger partial charge >= 0.3 is 0 Å². The van der Waals surface area contributed by atoms with Crippen LogP contribution in [0.4, 0.5) is 0 Å². The smallest absolute Gasteiger partial charge is 0.264 e. The van der Waals surface area contributed by atoms with Crippen LogP contribution in [0, 0.1) is 0 Å². The molecule has 0 bridgehead atoms. The Kier molecular flexibility index (Phi) is 3.98. The van der Waals surface area contributed by atoms with Gasteiger partial charge in [-0.05, 0) is 23.8 Å². The Morgan fingerprint density at radius 1 is 1.20 bits per heavy atom. The van der Waals surface area contributed by atoms with E-state index in [1.807, 2.05) is 65.5 Å². The second kappa shape index (κ2) is 6.43. The van der Waals surface area contributed by atoms with E-state index < -0.39 is 6.10 Å². The minimum atomic E-state index is -0.438. The lowest BCUT2D eigenvalue weighted by Crippen LogP contribution is -2.38. The number of rotatable bonds is 4. The lowest BCUT2D eigenvalue weighted by molar-refractivity contribution is -0.137. The van der Waals surface area contributed by atoms with Gasteiger partial charge in [-0.3, -0.25) is 4.79 Å². The number of ether oxygens (including phenoxy) is 1. The Balaban J connectivity index is 1.42. The van der Waals surface area contributed by atoms with Gasteiger partial charge in [0.15, 0.2) is 6.10 Å². The lowest BCUT2D eigenvalue weighted by atomic mass is 10.1. The third-order valence-corrected chi connectivity index (χ3v) is 4.38. The van der Waals surface area contributed by atoms with Crippen molar-refractivity contribution in [3.8, 4) is 11.4 Å². The molecule has 0 saturated carbocycles. The quantitative estimate of drug-likeness (QED) is 0.738. The molecule has 1 unspecified atom stereocenters. The van der Waals surface area contributed by atoms with Crippen molar-refractivity contribution in [2.24, 2.45) is 0 Å². The fraction of sp³-hybridized carbons (Fsp3) is 0.200. The summed E-state index contributed by atoms with van der Waals surface area (Å²) in [6.07, 6.45) is 3.93. The molecule has 1 aliphatic heterocycles. The Morgan fingerprint density at radius 2 is 1.96 bits per heavy atom. The van der Waals surface area contributed by atoms with Crippen LogP contribution in [0.1, 0.15) is 11.1 Å². The molecule has 1 amide bonds. The van der Waals surface area contributed by atoms with Gasteiger partial charge in [-0.25, -0.2) is 4.68 Å². The van der Waals surface area contributed by atoms with Crippen molar-refractivity contribution >= 4 is 5.91 Å². The summed E-state index contributed by atoms with van der Waals surface area (Å²) >= 11 is 0. The van der Waals surface area contributed by atoms with Crippen LogP contribution in [-0.2, 0) is 17.8 Å². The van der Waals surface area contributed by atoms with Gasteiger partial charge in [0.25, 0.3) is 5.91 Å². The van der Waals surface area contributed by atoms with Gasteiger partial charge in [0.05, 0.1) is 11.9 Å². The second-order valence-electron chi connectivity index (χ2n) is 6.24. The molecule has 1 atom stereocenters. The van der Waals surface area contributed by atoms with Gasteiger partial charge in [-0.2, -0.15) is 5.10 Å². The third-order valence-electron chi connectivity index (χ3n) is 4.38. The van der Waals surface area contributed by atoms with Crippen LogP contribution in [0.3, 0.4) is 0 Å². The first-order valence-corrected chi connectivity index (χ1v) is 8.29. The number of benzene rings is 2. The number of aromatic nitrogens is 2. The van der Waals surface area contributed by atoms with E-state index in [1.54, 1.807) is 18.1 Å². The zero-order valence-corrected chi connectivity index (χ0v) is 14.0. The maximum atomic E-state index is 12.7. The first-order chi connectivity index (χ1) is 12.2. The molecule has 5 nitrogen and oxygen atoms in total. The monoisotopic (exact) mass is 333 g/mol. The molecule has 5 heteroatoms. The molecular weight excluding hydrogens is 314 g/mol. The SMILES string of the molecule is CN(Cc1cnn(-c2ccccc2)c1)C(=O)C1Cc2ccccc2O1. The topological polar surface area (TPSA) is 47.4 Å². The van der Waals surface area contributed by atoms with Crippen LogP contribution >= 0.6 is 0 Å². The van der Waals surface area contributed by atoms with Crippen LogP contribution < -0.4 is 4.74 Å². The minimum Gasteiger partial charge on any atom is -0.480 e. The van der Waals surface area contributed by atoms with E-state index >= 15 is 0 Å². The van der Waals surface area contributed by atoms with Gasteiger partial charge in [-0.1, -0.05) is 36.4 Å². The molecule has 25 heavy (non-hydrogen) atoms. The maximum Gasteiger partial charge on any atom is 0.264 e. The largest absolute Gasteiger partial charge is 0.480 e. The second-order valence-corrected chi connectivity index (χ2v) is 6.24. The van der Waals surface area contributed by atoms with Gasteiger partial charge in [0, 0.05) is 31.8 Å².